The summed E-state index contributed by atoms with van der Waals surface area (Å²) in [7, 11) is 1.91. The summed E-state index contributed by atoms with van der Waals surface area (Å²) in [5, 5.41) is 8.61. The minimum Gasteiger partial charge on any atom is -0.341 e. The Hall–Kier alpha value is -3.49. The van der Waals surface area contributed by atoms with Gasteiger partial charge in [0.2, 0.25) is 11.8 Å². The van der Waals surface area contributed by atoms with E-state index in [1.54, 1.807) is 15.9 Å². The summed E-state index contributed by atoms with van der Waals surface area (Å²) in [4.78, 5) is 34.7. The molecule has 34 heavy (non-hydrogen) atoms. The number of likely N-dealkylation sites (tertiary alicyclic amines) is 2. The molecule has 2 aliphatic heterocycles. The topological polar surface area (TPSA) is 89.2 Å². The van der Waals surface area contributed by atoms with Crippen LogP contribution in [0.2, 0.25) is 0 Å². The summed E-state index contributed by atoms with van der Waals surface area (Å²) in [6.07, 6.45) is 10.2. The van der Waals surface area contributed by atoms with Gasteiger partial charge in [0.05, 0.1) is 18.6 Å². The highest BCUT2D eigenvalue weighted by molar-refractivity contribution is 5.88. The van der Waals surface area contributed by atoms with Crippen molar-refractivity contribution in [3.05, 3.63) is 54.6 Å². The molecule has 0 spiro atoms. The second kappa shape index (κ2) is 9.79. The first kappa shape index (κ1) is 22.3. The van der Waals surface area contributed by atoms with Crippen LogP contribution in [0.15, 0.2) is 49.1 Å². The third-order valence-corrected chi connectivity index (χ3v) is 6.85. The molecule has 0 N–H and O–H groups in total. The number of hydrogen-bond acceptors (Lipinski definition) is 5. The molecule has 0 radical (unpaired) electrons. The van der Waals surface area contributed by atoms with E-state index in [4.69, 9.17) is 0 Å². The summed E-state index contributed by atoms with van der Waals surface area (Å²) in [6.45, 7) is 2.03. The molecule has 2 fully saturated rings. The van der Waals surface area contributed by atoms with Crippen LogP contribution in [0.1, 0.15) is 43.7 Å². The Labute approximate surface area is 199 Å². The van der Waals surface area contributed by atoms with Crippen LogP contribution in [-0.2, 0) is 23.1 Å². The second-order valence-electron chi connectivity index (χ2n) is 9.33. The number of benzene rings is 1. The standard InChI is InChI=1S/C25H31N7O2/c1-29-16-21(26-18-29)22-17-32(28-27-22)20-14-23(25(34)30-12-5-6-13-30)31(15-20)24(33)11-7-10-19-8-3-2-4-9-19/h2-4,8-9,16-18,20,23H,5-7,10-15H2,1H3/t20-,23-/m0/s1. The van der Waals surface area contributed by atoms with E-state index >= 15 is 0 Å². The fourth-order valence-corrected chi connectivity index (χ4v) is 5.01. The fourth-order valence-electron chi connectivity index (χ4n) is 5.01. The summed E-state index contributed by atoms with van der Waals surface area (Å²) in [5.41, 5.74) is 2.67. The number of imidazole rings is 1. The summed E-state index contributed by atoms with van der Waals surface area (Å²) in [6, 6.07) is 9.68. The molecule has 4 heterocycles. The number of aryl methyl sites for hydroxylation is 2. The largest absolute Gasteiger partial charge is 0.341 e. The van der Waals surface area contributed by atoms with Gasteiger partial charge >= 0.3 is 0 Å². The number of amides is 2. The van der Waals surface area contributed by atoms with Crippen molar-refractivity contribution in [1.82, 2.24) is 34.3 Å². The minimum atomic E-state index is -0.435. The number of carbonyl (C=O) groups excluding carboxylic acids is 2. The molecule has 2 atom stereocenters. The highest BCUT2D eigenvalue weighted by atomic mass is 16.2. The zero-order valence-electron chi connectivity index (χ0n) is 19.6. The monoisotopic (exact) mass is 461 g/mol. The van der Waals surface area contributed by atoms with Crippen molar-refractivity contribution in [2.45, 2.75) is 50.6 Å². The maximum absolute atomic E-state index is 13.3. The molecule has 3 aromatic rings. The molecule has 9 heteroatoms. The summed E-state index contributed by atoms with van der Waals surface area (Å²) in [5.74, 6) is 0.113. The van der Waals surface area contributed by atoms with Gasteiger partial charge in [-0.1, -0.05) is 35.5 Å². The Morgan fingerprint density at radius 2 is 1.85 bits per heavy atom. The van der Waals surface area contributed by atoms with Crippen LogP contribution in [-0.4, -0.2) is 71.8 Å². The van der Waals surface area contributed by atoms with Crippen molar-refractivity contribution in [3.8, 4) is 11.4 Å². The summed E-state index contributed by atoms with van der Waals surface area (Å²) >= 11 is 0. The normalized spacial score (nSPS) is 20.3. The highest BCUT2D eigenvalue weighted by Crippen LogP contribution is 2.31. The van der Waals surface area contributed by atoms with Gasteiger partial charge in [0.1, 0.15) is 17.4 Å². The molecule has 2 saturated heterocycles. The van der Waals surface area contributed by atoms with Gasteiger partial charge in [-0.3, -0.25) is 9.59 Å². The Balaban J connectivity index is 1.29. The number of carbonyl (C=O) groups is 2. The molecule has 2 aromatic heterocycles. The minimum absolute atomic E-state index is 0.0426. The Morgan fingerprint density at radius 3 is 2.59 bits per heavy atom. The molecule has 0 bridgehead atoms. The van der Waals surface area contributed by atoms with Gasteiger partial charge in [0.25, 0.3) is 0 Å². The third kappa shape index (κ3) is 4.73. The fraction of sp³-hybridized carbons (Fsp3) is 0.480. The van der Waals surface area contributed by atoms with E-state index in [1.165, 1.54) is 5.56 Å². The molecule has 2 amide bonds. The second-order valence-corrected chi connectivity index (χ2v) is 9.33. The van der Waals surface area contributed by atoms with Crippen LogP contribution in [0.5, 0.6) is 0 Å². The first-order chi connectivity index (χ1) is 16.6. The zero-order valence-corrected chi connectivity index (χ0v) is 19.6. The number of rotatable bonds is 7. The lowest BCUT2D eigenvalue weighted by Crippen LogP contribution is -2.46. The van der Waals surface area contributed by atoms with E-state index in [0.717, 1.165) is 44.5 Å². The van der Waals surface area contributed by atoms with Crippen molar-refractivity contribution in [2.75, 3.05) is 19.6 Å². The molecule has 0 saturated carbocycles. The van der Waals surface area contributed by atoms with Gasteiger partial charge in [0.15, 0.2) is 0 Å². The van der Waals surface area contributed by atoms with E-state index in [1.807, 2.05) is 47.1 Å². The molecular weight excluding hydrogens is 430 g/mol. The highest BCUT2D eigenvalue weighted by Gasteiger charge is 2.42. The van der Waals surface area contributed by atoms with Crippen molar-refractivity contribution >= 4 is 11.8 Å². The van der Waals surface area contributed by atoms with Crippen LogP contribution in [0.4, 0.5) is 0 Å². The molecular formula is C25H31N7O2. The number of hydrogen-bond donors (Lipinski definition) is 0. The van der Waals surface area contributed by atoms with Gasteiger partial charge in [-0.05, 0) is 31.2 Å². The SMILES string of the molecule is Cn1cnc(-c2cn([C@H]3C[C@@H](C(=O)N4CCCC4)N(C(=O)CCCc4ccccc4)C3)nn2)c1. The number of nitrogens with zero attached hydrogens (tertiary/aromatic N) is 7. The maximum atomic E-state index is 13.3. The van der Waals surface area contributed by atoms with Crippen LogP contribution < -0.4 is 0 Å². The van der Waals surface area contributed by atoms with Crippen LogP contribution in [0, 0.1) is 0 Å². The zero-order chi connectivity index (χ0) is 23.5. The van der Waals surface area contributed by atoms with Crippen molar-refractivity contribution < 1.29 is 9.59 Å². The summed E-state index contributed by atoms with van der Waals surface area (Å²) < 4.78 is 3.66. The molecule has 9 nitrogen and oxygen atoms in total. The van der Waals surface area contributed by atoms with Gasteiger partial charge in [0, 0.05) is 45.7 Å². The predicted molar refractivity (Wildman–Crippen MR) is 127 cm³/mol. The molecule has 0 aliphatic carbocycles. The Kier molecular flexibility index (Phi) is 6.42. The maximum Gasteiger partial charge on any atom is 0.245 e. The average Bonchev–Trinajstić information content (AvgIpc) is 3.65. The lowest BCUT2D eigenvalue weighted by Gasteiger charge is -2.27. The van der Waals surface area contributed by atoms with E-state index in [-0.39, 0.29) is 17.9 Å². The first-order valence-electron chi connectivity index (χ1n) is 12.1. The van der Waals surface area contributed by atoms with Crippen LogP contribution in [0.25, 0.3) is 11.4 Å². The van der Waals surface area contributed by atoms with Gasteiger partial charge in [-0.25, -0.2) is 9.67 Å². The molecule has 5 rings (SSSR count). The third-order valence-electron chi connectivity index (χ3n) is 6.85. The quantitative estimate of drug-likeness (QED) is 0.539. The molecule has 0 unspecified atom stereocenters. The van der Waals surface area contributed by atoms with Crippen LogP contribution in [0.3, 0.4) is 0 Å². The van der Waals surface area contributed by atoms with E-state index in [2.05, 4.69) is 27.4 Å². The van der Waals surface area contributed by atoms with E-state index < -0.39 is 6.04 Å². The van der Waals surface area contributed by atoms with E-state index in [9.17, 15) is 9.59 Å². The first-order valence-corrected chi connectivity index (χ1v) is 12.1. The van der Waals surface area contributed by atoms with Crippen molar-refractivity contribution in [3.63, 3.8) is 0 Å². The van der Waals surface area contributed by atoms with Crippen molar-refractivity contribution in [2.24, 2.45) is 7.05 Å². The molecule has 178 valence electrons. The predicted octanol–water partition coefficient (Wildman–Crippen LogP) is 2.47. The van der Waals surface area contributed by atoms with Crippen LogP contribution >= 0.6 is 0 Å². The van der Waals surface area contributed by atoms with Crippen molar-refractivity contribution in [1.29, 1.82) is 0 Å². The van der Waals surface area contributed by atoms with Gasteiger partial charge < -0.3 is 14.4 Å². The Bertz CT molecular complexity index is 1130. The number of aromatic nitrogens is 5. The molecule has 2 aliphatic rings. The lowest BCUT2D eigenvalue weighted by atomic mass is 10.1. The average molecular weight is 462 g/mol. The van der Waals surface area contributed by atoms with Gasteiger partial charge in [-0.15, -0.1) is 5.10 Å². The van der Waals surface area contributed by atoms with E-state index in [0.29, 0.717) is 25.1 Å². The van der Waals surface area contributed by atoms with Gasteiger partial charge in [-0.2, -0.15) is 0 Å². The Morgan fingerprint density at radius 1 is 1.06 bits per heavy atom. The smallest absolute Gasteiger partial charge is 0.245 e. The lowest BCUT2D eigenvalue weighted by molar-refractivity contribution is -0.143. The molecule has 1 aromatic carbocycles.